The first-order valence-electron chi connectivity index (χ1n) is 4.20. The first-order chi connectivity index (χ1) is 5.72. The van der Waals surface area contributed by atoms with Gasteiger partial charge in [0, 0.05) is 0 Å². The SMILES string of the molecule is CCCSCCC(C#N)C(C)=O. The van der Waals surface area contributed by atoms with E-state index < -0.39 is 0 Å². The van der Waals surface area contributed by atoms with Crippen LogP contribution in [-0.4, -0.2) is 17.3 Å². The number of hydrogen-bond acceptors (Lipinski definition) is 3. The molecule has 1 unspecified atom stereocenters. The fraction of sp³-hybridized carbons (Fsp3) is 0.778. The van der Waals surface area contributed by atoms with E-state index in [0.717, 1.165) is 17.9 Å². The number of carbonyl (C=O) groups is 1. The zero-order valence-corrected chi connectivity index (χ0v) is 8.49. The van der Waals surface area contributed by atoms with Gasteiger partial charge in [-0.15, -0.1) is 0 Å². The van der Waals surface area contributed by atoms with E-state index in [-0.39, 0.29) is 11.7 Å². The fourth-order valence-corrected chi connectivity index (χ4v) is 1.70. The van der Waals surface area contributed by atoms with Gasteiger partial charge in [0.05, 0.1) is 6.07 Å². The Balaban J connectivity index is 3.47. The topological polar surface area (TPSA) is 40.9 Å². The molecular formula is C9H15NOS. The van der Waals surface area contributed by atoms with Crippen LogP contribution in [0.4, 0.5) is 0 Å². The summed E-state index contributed by atoms with van der Waals surface area (Å²) in [6.45, 7) is 3.61. The van der Waals surface area contributed by atoms with E-state index in [9.17, 15) is 4.79 Å². The highest BCUT2D eigenvalue weighted by Crippen LogP contribution is 2.10. The van der Waals surface area contributed by atoms with Gasteiger partial charge >= 0.3 is 0 Å². The minimum Gasteiger partial charge on any atom is -0.299 e. The van der Waals surface area contributed by atoms with Crippen LogP contribution in [-0.2, 0) is 4.79 Å². The maximum Gasteiger partial charge on any atom is 0.146 e. The summed E-state index contributed by atoms with van der Waals surface area (Å²) in [7, 11) is 0. The molecule has 0 aromatic rings. The Labute approximate surface area is 78.3 Å². The lowest BCUT2D eigenvalue weighted by Crippen LogP contribution is -2.09. The van der Waals surface area contributed by atoms with E-state index in [1.165, 1.54) is 6.92 Å². The van der Waals surface area contributed by atoms with Crippen molar-refractivity contribution in [1.82, 2.24) is 0 Å². The Morgan fingerprint density at radius 2 is 2.25 bits per heavy atom. The molecule has 12 heavy (non-hydrogen) atoms. The molecule has 0 saturated heterocycles. The van der Waals surface area contributed by atoms with E-state index in [2.05, 4.69) is 6.92 Å². The van der Waals surface area contributed by atoms with Crippen molar-refractivity contribution in [2.24, 2.45) is 5.92 Å². The van der Waals surface area contributed by atoms with Crippen LogP contribution >= 0.6 is 11.8 Å². The molecule has 0 aliphatic heterocycles. The normalized spacial score (nSPS) is 12.1. The molecule has 3 heteroatoms. The third kappa shape index (κ3) is 5.20. The predicted octanol–water partition coefficient (Wildman–Crippen LogP) is 2.25. The molecule has 1 atom stereocenters. The third-order valence-electron chi connectivity index (χ3n) is 1.55. The maximum atomic E-state index is 10.8. The highest BCUT2D eigenvalue weighted by atomic mass is 32.2. The van der Waals surface area contributed by atoms with E-state index in [1.54, 1.807) is 0 Å². The molecule has 0 heterocycles. The summed E-state index contributed by atoms with van der Waals surface area (Å²) in [5, 5.41) is 8.57. The number of nitriles is 1. The second-order valence-electron chi connectivity index (χ2n) is 2.69. The molecule has 2 nitrogen and oxygen atoms in total. The molecule has 0 spiro atoms. The minimum atomic E-state index is -0.380. The van der Waals surface area contributed by atoms with Crippen LogP contribution in [0.25, 0.3) is 0 Å². The number of thioether (sulfide) groups is 1. The minimum absolute atomic E-state index is 0.00500. The third-order valence-corrected chi connectivity index (χ3v) is 2.77. The van der Waals surface area contributed by atoms with E-state index >= 15 is 0 Å². The van der Waals surface area contributed by atoms with Crippen LogP contribution in [0, 0.1) is 17.2 Å². The highest BCUT2D eigenvalue weighted by molar-refractivity contribution is 7.99. The largest absolute Gasteiger partial charge is 0.299 e. The van der Waals surface area contributed by atoms with E-state index in [0.29, 0.717) is 6.42 Å². The lowest BCUT2D eigenvalue weighted by Gasteiger charge is -2.03. The van der Waals surface area contributed by atoms with Crippen LogP contribution in [0.5, 0.6) is 0 Å². The second kappa shape index (κ2) is 7.17. The summed E-state index contributed by atoms with van der Waals surface area (Å²) >= 11 is 1.81. The van der Waals surface area contributed by atoms with Crippen molar-refractivity contribution in [2.75, 3.05) is 11.5 Å². The van der Waals surface area contributed by atoms with Gasteiger partial charge in [-0.2, -0.15) is 17.0 Å². The van der Waals surface area contributed by atoms with Gasteiger partial charge in [-0.25, -0.2) is 0 Å². The van der Waals surface area contributed by atoms with Crippen molar-refractivity contribution in [2.45, 2.75) is 26.7 Å². The lowest BCUT2D eigenvalue weighted by atomic mass is 10.1. The highest BCUT2D eigenvalue weighted by Gasteiger charge is 2.11. The van der Waals surface area contributed by atoms with Gasteiger partial charge in [0.1, 0.15) is 11.7 Å². The van der Waals surface area contributed by atoms with Crippen molar-refractivity contribution >= 4 is 17.5 Å². The summed E-state index contributed by atoms with van der Waals surface area (Å²) in [4.78, 5) is 10.8. The molecule has 0 bridgehead atoms. The first kappa shape index (κ1) is 11.5. The van der Waals surface area contributed by atoms with Gasteiger partial charge in [0.25, 0.3) is 0 Å². The smallest absolute Gasteiger partial charge is 0.146 e. The van der Waals surface area contributed by atoms with Crippen LogP contribution in [0.3, 0.4) is 0 Å². The number of nitrogens with zero attached hydrogens (tertiary/aromatic N) is 1. The first-order valence-corrected chi connectivity index (χ1v) is 5.35. The molecule has 0 aromatic carbocycles. The van der Waals surface area contributed by atoms with Crippen molar-refractivity contribution in [3.63, 3.8) is 0 Å². The zero-order valence-electron chi connectivity index (χ0n) is 7.67. The Kier molecular flexibility index (Phi) is 6.88. The fourth-order valence-electron chi connectivity index (χ4n) is 0.806. The number of Topliss-reactive ketones (excluding diaryl/α,β-unsaturated/α-hetero) is 1. The molecule has 0 fully saturated rings. The van der Waals surface area contributed by atoms with Crippen LogP contribution in [0.2, 0.25) is 0 Å². The molecule has 0 aliphatic carbocycles. The zero-order chi connectivity index (χ0) is 9.40. The summed E-state index contributed by atoms with van der Waals surface area (Å²) in [6, 6.07) is 2.02. The van der Waals surface area contributed by atoms with Gasteiger partial charge in [-0.3, -0.25) is 4.79 Å². The molecule has 0 radical (unpaired) electrons. The molecule has 0 amide bonds. The molecule has 0 aromatic heterocycles. The molecule has 0 aliphatic rings. The average molecular weight is 185 g/mol. The van der Waals surface area contributed by atoms with Crippen LogP contribution < -0.4 is 0 Å². The second-order valence-corrected chi connectivity index (χ2v) is 3.92. The van der Waals surface area contributed by atoms with Gasteiger partial charge in [-0.1, -0.05) is 6.92 Å². The Morgan fingerprint density at radius 1 is 1.58 bits per heavy atom. The van der Waals surface area contributed by atoms with E-state index in [4.69, 9.17) is 5.26 Å². The Morgan fingerprint density at radius 3 is 2.67 bits per heavy atom. The molecule has 68 valence electrons. The molecule has 0 saturated carbocycles. The monoisotopic (exact) mass is 185 g/mol. The maximum absolute atomic E-state index is 10.8. The standard InChI is InChI=1S/C9H15NOS/c1-3-5-12-6-4-9(7-10)8(2)11/h9H,3-6H2,1-2H3. The summed E-state index contributed by atoms with van der Waals surface area (Å²) in [6.07, 6.45) is 1.86. The Hall–Kier alpha value is -0.490. The number of ketones is 1. The van der Waals surface area contributed by atoms with Gasteiger partial charge < -0.3 is 0 Å². The molecular weight excluding hydrogens is 170 g/mol. The molecule has 0 N–H and O–H groups in total. The number of rotatable bonds is 6. The summed E-state index contributed by atoms with van der Waals surface area (Å²) in [5.41, 5.74) is 0. The number of carbonyl (C=O) groups excluding carboxylic acids is 1. The predicted molar refractivity (Wildman–Crippen MR) is 52.0 cm³/mol. The van der Waals surface area contributed by atoms with Crippen molar-refractivity contribution in [3.05, 3.63) is 0 Å². The summed E-state index contributed by atoms with van der Waals surface area (Å²) in [5.74, 6) is 1.66. The van der Waals surface area contributed by atoms with Crippen LogP contribution in [0.15, 0.2) is 0 Å². The average Bonchev–Trinajstić information content (AvgIpc) is 2.04. The lowest BCUT2D eigenvalue weighted by molar-refractivity contribution is -0.119. The number of hydrogen-bond donors (Lipinski definition) is 0. The van der Waals surface area contributed by atoms with Crippen molar-refractivity contribution in [1.29, 1.82) is 5.26 Å². The van der Waals surface area contributed by atoms with Crippen molar-refractivity contribution < 1.29 is 4.79 Å². The van der Waals surface area contributed by atoms with E-state index in [1.807, 2.05) is 17.8 Å². The summed E-state index contributed by atoms with van der Waals surface area (Å²) < 4.78 is 0. The van der Waals surface area contributed by atoms with Gasteiger partial charge in [0.2, 0.25) is 0 Å². The van der Waals surface area contributed by atoms with Crippen molar-refractivity contribution in [3.8, 4) is 6.07 Å². The Bertz CT molecular complexity index is 174. The quantitative estimate of drug-likeness (QED) is 0.596. The van der Waals surface area contributed by atoms with Gasteiger partial charge in [0.15, 0.2) is 0 Å². The van der Waals surface area contributed by atoms with Crippen LogP contribution in [0.1, 0.15) is 26.7 Å². The van der Waals surface area contributed by atoms with Gasteiger partial charge in [-0.05, 0) is 31.3 Å². The molecule has 0 rings (SSSR count).